The van der Waals surface area contributed by atoms with E-state index in [-0.39, 0.29) is 31.3 Å². The fraction of sp³-hybridized carbons (Fsp3) is 0.625. The minimum atomic E-state index is -0.756. The molecule has 0 aromatic carbocycles. The Morgan fingerprint density at radius 2 is 2.03 bits per heavy atom. The summed E-state index contributed by atoms with van der Waals surface area (Å²) in [6.07, 6.45) is 5.20. The van der Waals surface area contributed by atoms with Crippen molar-refractivity contribution in [3.8, 4) is 0 Å². The maximum Gasteiger partial charge on any atom is 0.248 e. The molecule has 2 fully saturated rings. The van der Waals surface area contributed by atoms with Crippen molar-refractivity contribution in [2.75, 3.05) is 25.5 Å². The molecule has 1 aliphatic heterocycles. The first-order chi connectivity index (χ1) is 16.0. The van der Waals surface area contributed by atoms with E-state index in [0.717, 1.165) is 29.9 Å². The van der Waals surface area contributed by atoms with E-state index in [2.05, 4.69) is 20.6 Å². The lowest BCUT2D eigenvalue weighted by atomic mass is 9.85. The fourth-order valence-corrected chi connectivity index (χ4v) is 4.46. The number of hydrogen-bond donors (Lipinski definition) is 2. The largest absolute Gasteiger partial charge is 0.391 e. The average molecular weight is 470 g/mol. The van der Waals surface area contributed by atoms with E-state index in [4.69, 9.17) is 0 Å². The van der Waals surface area contributed by atoms with Gasteiger partial charge in [0, 0.05) is 51.1 Å². The van der Waals surface area contributed by atoms with Crippen molar-refractivity contribution in [1.82, 2.24) is 30.2 Å². The lowest BCUT2D eigenvalue weighted by Crippen LogP contribution is -2.50. The molecule has 2 amide bonds. The van der Waals surface area contributed by atoms with E-state index >= 15 is 0 Å². The molecule has 2 N–H and O–H groups in total. The van der Waals surface area contributed by atoms with Crippen molar-refractivity contribution in [3.05, 3.63) is 35.9 Å². The van der Waals surface area contributed by atoms with Crippen LogP contribution >= 0.6 is 0 Å². The number of hydrogen-bond acceptors (Lipinski definition) is 7. The minimum Gasteiger partial charge on any atom is -0.391 e. The highest BCUT2D eigenvalue weighted by Crippen LogP contribution is 2.40. The van der Waals surface area contributed by atoms with Gasteiger partial charge in [-0.2, -0.15) is 0 Å². The number of aliphatic hydroxyl groups is 1. The van der Waals surface area contributed by atoms with Crippen LogP contribution in [0.1, 0.15) is 63.4 Å². The van der Waals surface area contributed by atoms with Crippen molar-refractivity contribution >= 4 is 17.5 Å². The molecule has 1 saturated heterocycles. The Kier molecular flexibility index (Phi) is 6.62. The second-order valence-electron chi connectivity index (χ2n) is 10.7. The Morgan fingerprint density at radius 3 is 2.68 bits per heavy atom. The monoisotopic (exact) mass is 469 g/mol. The molecular weight excluding hydrogens is 434 g/mol. The Bertz CT molecular complexity index is 1040. The van der Waals surface area contributed by atoms with Gasteiger partial charge in [0.1, 0.15) is 12.1 Å². The van der Waals surface area contributed by atoms with Crippen LogP contribution in [0.25, 0.3) is 0 Å². The number of β-amino-alcohol motifs (C(OH)–C–C–N with tert-alkyl or cyclic N) is 1. The van der Waals surface area contributed by atoms with Crippen LogP contribution in [0, 0.1) is 5.41 Å². The van der Waals surface area contributed by atoms with Crippen molar-refractivity contribution in [3.63, 3.8) is 0 Å². The maximum absolute atomic E-state index is 13.8. The second-order valence-corrected chi connectivity index (χ2v) is 10.7. The number of carbonyl (C=O) groups excluding carboxylic acids is 2. The first-order valence-corrected chi connectivity index (χ1v) is 11.8. The van der Waals surface area contributed by atoms with Crippen LogP contribution in [0.3, 0.4) is 0 Å². The first-order valence-electron chi connectivity index (χ1n) is 11.8. The summed E-state index contributed by atoms with van der Waals surface area (Å²) in [7, 11) is 3.88. The molecular formula is C24H35N7O3. The Labute approximate surface area is 200 Å². The molecule has 0 unspecified atom stereocenters. The molecule has 184 valence electrons. The number of anilines is 1. The number of pyridine rings is 1. The average Bonchev–Trinajstić information content (AvgIpc) is 3.38. The number of carbonyl (C=O) groups is 2. The predicted molar refractivity (Wildman–Crippen MR) is 127 cm³/mol. The van der Waals surface area contributed by atoms with Gasteiger partial charge >= 0.3 is 0 Å². The number of aliphatic hydroxyl groups excluding tert-OH is 1. The summed E-state index contributed by atoms with van der Waals surface area (Å²) in [5, 5.41) is 21.8. The minimum absolute atomic E-state index is 0.113. The fourth-order valence-electron chi connectivity index (χ4n) is 4.46. The van der Waals surface area contributed by atoms with E-state index < -0.39 is 23.6 Å². The van der Waals surface area contributed by atoms with Crippen LogP contribution in [0.2, 0.25) is 0 Å². The molecule has 0 spiro atoms. The number of nitrogens with zero attached hydrogens (tertiary/aromatic N) is 6. The second kappa shape index (κ2) is 9.32. The number of nitrogens with one attached hydrogen (secondary N) is 1. The standard InChI is InChI=1S/C24H35N7O3/c1-24(2,3)21(31-14-19(27-28-31)15-6-7-15)23(34)30-13-18(32)11-20(30)22(33)26-12-16-10-17(29(4)5)8-9-25-16/h8-10,14-15,18,20-21,32H,6-7,11-13H2,1-5H3,(H,26,33)/t18-,20+,21-/m1/s1. The zero-order valence-corrected chi connectivity index (χ0v) is 20.6. The lowest BCUT2D eigenvalue weighted by Gasteiger charge is -2.34. The summed E-state index contributed by atoms with van der Waals surface area (Å²) in [6.45, 7) is 6.27. The van der Waals surface area contributed by atoms with E-state index in [0.29, 0.717) is 5.92 Å². The van der Waals surface area contributed by atoms with Crippen LogP contribution in [0.5, 0.6) is 0 Å². The SMILES string of the molecule is CN(C)c1ccnc(CNC(=O)[C@@H]2C[C@@H](O)CN2C(=O)[C@@H](n2cc(C3CC3)nn2)C(C)(C)C)c1. The summed E-state index contributed by atoms with van der Waals surface area (Å²) in [6, 6.07) is 2.41. The number of likely N-dealkylation sites (tertiary alicyclic amines) is 1. The molecule has 2 aromatic rings. The van der Waals surface area contributed by atoms with Gasteiger partial charge in [-0.3, -0.25) is 14.6 Å². The molecule has 1 aliphatic carbocycles. The maximum atomic E-state index is 13.8. The van der Waals surface area contributed by atoms with Crippen molar-refractivity contribution in [2.45, 2.75) is 70.7 Å². The molecule has 2 aliphatic rings. The summed E-state index contributed by atoms with van der Waals surface area (Å²) in [4.78, 5) is 34.7. The van der Waals surface area contributed by atoms with Crippen LogP contribution in [-0.2, 0) is 16.1 Å². The van der Waals surface area contributed by atoms with Crippen LogP contribution in [-0.4, -0.2) is 74.6 Å². The number of amides is 2. The Morgan fingerprint density at radius 1 is 1.29 bits per heavy atom. The summed E-state index contributed by atoms with van der Waals surface area (Å²) < 4.78 is 1.63. The van der Waals surface area contributed by atoms with E-state index in [9.17, 15) is 14.7 Å². The molecule has 4 rings (SSSR count). The van der Waals surface area contributed by atoms with Gasteiger partial charge in [0.05, 0.1) is 24.0 Å². The third kappa shape index (κ3) is 5.22. The van der Waals surface area contributed by atoms with Crippen molar-refractivity contribution < 1.29 is 14.7 Å². The van der Waals surface area contributed by atoms with Crippen LogP contribution in [0.4, 0.5) is 5.69 Å². The number of aromatic nitrogens is 4. The van der Waals surface area contributed by atoms with Crippen LogP contribution < -0.4 is 10.2 Å². The van der Waals surface area contributed by atoms with Crippen molar-refractivity contribution in [1.29, 1.82) is 0 Å². The van der Waals surface area contributed by atoms with Gasteiger partial charge in [-0.25, -0.2) is 4.68 Å². The van der Waals surface area contributed by atoms with Gasteiger partial charge in [0.15, 0.2) is 0 Å². The van der Waals surface area contributed by atoms with Gasteiger partial charge in [0.25, 0.3) is 0 Å². The predicted octanol–water partition coefficient (Wildman–Crippen LogP) is 1.48. The smallest absolute Gasteiger partial charge is 0.248 e. The lowest BCUT2D eigenvalue weighted by molar-refractivity contribution is -0.144. The summed E-state index contributed by atoms with van der Waals surface area (Å²) >= 11 is 0. The highest BCUT2D eigenvalue weighted by molar-refractivity contribution is 5.90. The molecule has 1 saturated carbocycles. The topological polar surface area (TPSA) is 116 Å². The summed E-state index contributed by atoms with van der Waals surface area (Å²) in [5.74, 6) is -0.104. The molecule has 3 atom stereocenters. The third-order valence-electron chi connectivity index (χ3n) is 6.47. The van der Waals surface area contributed by atoms with Gasteiger partial charge in [-0.1, -0.05) is 26.0 Å². The zero-order chi connectivity index (χ0) is 24.6. The normalized spacial score (nSPS) is 21.4. The van der Waals surface area contributed by atoms with Gasteiger partial charge in [-0.15, -0.1) is 5.10 Å². The highest BCUT2D eigenvalue weighted by Gasteiger charge is 2.45. The molecule has 0 bridgehead atoms. The van der Waals surface area contributed by atoms with E-state index in [1.165, 1.54) is 4.90 Å². The van der Waals surface area contributed by atoms with Gasteiger partial charge < -0.3 is 20.2 Å². The highest BCUT2D eigenvalue weighted by atomic mass is 16.3. The zero-order valence-electron chi connectivity index (χ0n) is 20.6. The molecule has 2 aromatic heterocycles. The third-order valence-corrected chi connectivity index (χ3v) is 6.47. The molecule has 10 nitrogen and oxygen atoms in total. The Balaban J connectivity index is 1.50. The molecule has 3 heterocycles. The molecule has 10 heteroatoms. The van der Waals surface area contributed by atoms with E-state index in [1.54, 1.807) is 10.9 Å². The quantitative estimate of drug-likeness (QED) is 0.631. The van der Waals surface area contributed by atoms with Crippen LogP contribution in [0.15, 0.2) is 24.5 Å². The molecule has 34 heavy (non-hydrogen) atoms. The first kappa shape index (κ1) is 24.1. The van der Waals surface area contributed by atoms with Crippen molar-refractivity contribution in [2.24, 2.45) is 5.41 Å². The van der Waals surface area contributed by atoms with Gasteiger partial charge in [0.2, 0.25) is 11.8 Å². The van der Waals surface area contributed by atoms with E-state index in [1.807, 2.05) is 58.1 Å². The molecule has 0 radical (unpaired) electrons. The van der Waals surface area contributed by atoms with Gasteiger partial charge in [-0.05, 0) is 30.4 Å². The Hall–Kier alpha value is -3.01. The summed E-state index contributed by atoms with van der Waals surface area (Å²) in [5.41, 5.74) is 2.15. The number of rotatable bonds is 7.